The molecule has 0 spiro atoms. The molecule has 4 nitrogen and oxygen atoms in total. The molecule has 1 amide bonds. The molecule has 0 bridgehead atoms. The fourth-order valence-corrected chi connectivity index (χ4v) is 3.69. The molecule has 3 rings (SSSR count). The van der Waals surface area contributed by atoms with Gasteiger partial charge in [-0.15, -0.1) is 11.6 Å². The van der Waals surface area contributed by atoms with E-state index in [1.54, 1.807) is 7.11 Å². The fraction of sp³-hybridized carbons (Fsp3) is 0.348. The lowest BCUT2D eigenvalue weighted by atomic mass is 10.1. The molecule has 28 heavy (non-hydrogen) atoms. The summed E-state index contributed by atoms with van der Waals surface area (Å²) >= 11 is 5.94. The van der Waals surface area contributed by atoms with Crippen molar-refractivity contribution in [3.63, 3.8) is 0 Å². The SMILES string of the molecule is COc1ccc(CN2C(=O)C(CCCl)=C(C)C2COCc2ccccc2)cc1. The number of ether oxygens (including phenoxy) is 2. The zero-order valence-electron chi connectivity index (χ0n) is 16.4. The summed E-state index contributed by atoms with van der Waals surface area (Å²) in [6.45, 7) is 3.55. The highest BCUT2D eigenvalue weighted by molar-refractivity contribution is 6.18. The minimum absolute atomic E-state index is 0.0577. The van der Waals surface area contributed by atoms with Crippen LogP contribution in [0.15, 0.2) is 65.7 Å². The monoisotopic (exact) mass is 399 g/mol. The summed E-state index contributed by atoms with van der Waals surface area (Å²) < 4.78 is 11.2. The number of methoxy groups -OCH3 is 1. The lowest BCUT2D eigenvalue weighted by molar-refractivity contribution is -0.128. The van der Waals surface area contributed by atoms with Crippen LogP contribution in [-0.4, -0.2) is 36.4 Å². The molecule has 1 atom stereocenters. The highest BCUT2D eigenvalue weighted by atomic mass is 35.5. The number of carbonyl (C=O) groups is 1. The van der Waals surface area contributed by atoms with E-state index < -0.39 is 0 Å². The van der Waals surface area contributed by atoms with E-state index in [4.69, 9.17) is 21.1 Å². The van der Waals surface area contributed by atoms with Crippen molar-refractivity contribution in [3.05, 3.63) is 76.9 Å². The normalized spacial score (nSPS) is 16.8. The summed E-state index contributed by atoms with van der Waals surface area (Å²) in [5.41, 5.74) is 4.06. The van der Waals surface area contributed by atoms with Crippen LogP contribution in [-0.2, 0) is 22.7 Å². The molecule has 2 aromatic rings. The number of carbonyl (C=O) groups excluding carboxylic acids is 1. The average molecular weight is 400 g/mol. The van der Waals surface area contributed by atoms with E-state index >= 15 is 0 Å². The van der Waals surface area contributed by atoms with Crippen molar-refractivity contribution in [3.8, 4) is 5.75 Å². The van der Waals surface area contributed by atoms with E-state index in [-0.39, 0.29) is 11.9 Å². The first-order valence-corrected chi connectivity index (χ1v) is 9.98. The maximum atomic E-state index is 13.0. The number of nitrogens with zero attached hydrogens (tertiary/aromatic N) is 1. The van der Waals surface area contributed by atoms with Gasteiger partial charge in [-0.2, -0.15) is 0 Å². The van der Waals surface area contributed by atoms with Crippen LogP contribution in [0.3, 0.4) is 0 Å². The predicted molar refractivity (Wildman–Crippen MR) is 111 cm³/mol. The van der Waals surface area contributed by atoms with Gasteiger partial charge in [-0.3, -0.25) is 4.79 Å². The molecular weight excluding hydrogens is 374 g/mol. The highest BCUT2D eigenvalue weighted by Crippen LogP contribution is 2.30. The number of benzene rings is 2. The van der Waals surface area contributed by atoms with Gasteiger partial charge >= 0.3 is 0 Å². The molecule has 0 saturated heterocycles. The molecule has 0 N–H and O–H groups in total. The third-order valence-electron chi connectivity index (χ3n) is 5.11. The van der Waals surface area contributed by atoms with Gasteiger partial charge in [0.15, 0.2) is 0 Å². The molecule has 0 aliphatic carbocycles. The van der Waals surface area contributed by atoms with Gasteiger partial charge in [0.2, 0.25) is 0 Å². The standard InChI is InChI=1S/C23H26ClNO3/c1-17-21(12-13-24)23(26)25(14-18-8-10-20(27-2)11-9-18)22(17)16-28-15-19-6-4-3-5-7-19/h3-11,22H,12-16H2,1-2H3. The second-order valence-electron chi connectivity index (χ2n) is 6.90. The van der Waals surface area contributed by atoms with Crippen LogP contribution < -0.4 is 4.74 Å². The summed E-state index contributed by atoms with van der Waals surface area (Å²) in [6.07, 6.45) is 0.584. The third-order valence-corrected chi connectivity index (χ3v) is 5.30. The Balaban J connectivity index is 1.72. The molecule has 1 unspecified atom stereocenters. The molecule has 1 heterocycles. The summed E-state index contributed by atoms with van der Waals surface area (Å²) in [5.74, 6) is 1.30. The van der Waals surface area contributed by atoms with E-state index in [1.807, 2.05) is 66.4 Å². The first-order valence-electron chi connectivity index (χ1n) is 9.45. The Hall–Kier alpha value is -2.30. The maximum Gasteiger partial charge on any atom is 0.250 e. The molecule has 0 fully saturated rings. The molecule has 0 radical (unpaired) electrons. The molecule has 0 aromatic heterocycles. The smallest absolute Gasteiger partial charge is 0.250 e. The maximum absolute atomic E-state index is 13.0. The zero-order chi connectivity index (χ0) is 19.9. The van der Waals surface area contributed by atoms with Crippen molar-refractivity contribution >= 4 is 17.5 Å². The number of hydrogen-bond donors (Lipinski definition) is 0. The number of amides is 1. The number of rotatable bonds is 9. The van der Waals surface area contributed by atoms with E-state index in [0.717, 1.165) is 28.0 Å². The lowest BCUT2D eigenvalue weighted by Crippen LogP contribution is -2.38. The number of halogens is 1. The molecule has 148 valence electrons. The molecule has 0 saturated carbocycles. The summed E-state index contributed by atoms with van der Waals surface area (Å²) in [4.78, 5) is 14.9. The van der Waals surface area contributed by atoms with Crippen LogP contribution in [0.4, 0.5) is 0 Å². The molecular formula is C23H26ClNO3. The third kappa shape index (κ3) is 4.75. The van der Waals surface area contributed by atoms with Crippen LogP contribution in [0.2, 0.25) is 0 Å². The second-order valence-corrected chi connectivity index (χ2v) is 7.28. The largest absolute Gasteiger partial charge is 0.497 e. The first kappa shape index (κ1) is 20.4. The van der Waals surface area contributed by atoms with Gasteiger partial charge in [0.1, 0.15) is 5.75 Å². The van der Waals surface area contributed by atoms with Crippen molar-refractivity contribution in [1.29, 1.82) is 0 Å². The Kier molecular flexibility index (Phi) is 7.12. The Bertz CT molecular complexity index is 818. The number of hydrogen-bond acceptors (Lipinski definition) is 3. The summed E-state index contributed by atoms with van der Waals surface area (Å²) in [5, 5.41) is 0. The first-order chi connectivity index (χ1) is 13.6. The van der Waals surface area contributed by atoms with Gasteiger partial charge in [-0.1, -0.05) is 42.5 Å². The minimum Gasteiger partial charge on any atom is -0.497 e. The second kappa shape index (κ2) is 9.76. The van der Waals surface area contributed by atoms with E-state index in [2.05, 4.69) is 0 Å². The van der Waals surface area contributed by atoms with E-state index in [1.165, 1.54) is 0 Å². The molecule has 1 aliphatic heterocycles. The van der Waals surface area contributed by atoms with Gasteiger partial charge in [0.25, 0.3) is 5.91 Å². The Morgan fingerprint density at radius 2 is 1.75 bits per heavy atom. The Morgan fingerprint density at radius 1 is 1.04 bits per heavy atom. The van der Waals surface area contributed by atoms with Gasteiger partial charge in [-0.05, 0) is 42.2 Å². The number of alkyl halides is 1. The van der Waals surface area contributed by atoms with Crippen molar-refractivity contribution < 1.29 is 14.3 Å². The Morgan fingerprint density at radius 3 is 2.39 bits per heavy atom. The van der Waals surface area contributed by atoms with Crippen LogP contribution in [0.25, 0.3) is 0 Å². The van der Waals surface area contributed by atoms with Gasteiger partial charge in [-0.25, -0.2) is 0 Å². The lowest BCUT2D eigenvalue weighted by Gasteiger charge is -2.26. The predicted octanol–water partition coefficient (Wildman–Crippen LogP) is 4.57. The Labute approximate surface area is 171 Å². The van der Waals surface area contributed by atoms with Crippen LogP contribution in [0, 0.1) is 0 Å². The van der Waals surface area contributed by atoms with E-state index in [0.29, 0.717) is 32.1 Å². The highest BCUT2D eigenvalue weighted by Gasteiger charge is 2.36. The summed E-state index contributed by atoms with van der Waals surface area (Å²) in [6, 6.07) is 17.8. The van der Waals surface area contributed by atoms with E-state index in [9.17, 15) is 4.79 Å². The van der Waals surface area contributed by atoms with Crippen molar-refractivity contribution in [1.82, 2.24) is 4.90 Å². The van der Waals surface area contributed by atoms with Crippen LogP contribution in [0.5, 0.6) is 5.75 Å². The van der Waals surface area contributed by atoms with Gasteiger partial charge < -0.3 is 14.4 Å². The molecule has 1 aliphatic rings. The fourth-order valence-electron chi connectivity index (χ4n) is 3.50. The zero-order valence-corrected chi connectivity index (χ0v) is 17.1. The minimum atomic E-state index is -0.0727. The topological polar surface area (TPSA) is 38.8 Å². The average Bonchev–Trinajstić information content (AvgIpc) is 2.94. The molecule has 2 aromatic carbocycles. The van der Waals surface area contributed by atoms with Gasteiger partial charge in [0, 0.05) is 18.0 Å². The van der Waals surface area contributed by atoms with Crippen LogP contribution in [0.1, 0.15) is 24.5 Å². The van der Waals surface area contributed by atoms with Crippen molar-refractivity contribution in [2.24, 2.45) is 0 Å². The molecule has 5 heteroatoms. The quantitative estimate of drug-likeness (QED) is 0.580. The summed E-state index contributed by atoms with van der Waals surface area (Å²) in [7, 11) is 1.64. The van der Waals surface area contributed by atoms with Crippen molar-refractivity contribution in [2.75, 3.05) is 19.6 Å². The van der Waals surface area contributed by atoms with Crippen molar-refractivity contribution in [2.45, 2.75) is 32.5 Å². The van der Waals surface area contributed by atoms with Gasteiger partial charge in [0.05, 0.1) is 26.4 Å². The van der Waals surface area contributed by atoms with Crippen LogP contribution >= 0.6 is 11.6 Å².